The first-order valence-electron chi connectivity index (χ1n) is 18.3. The third-order valence-electron chi connectivity index (χ3n) is 10.5. The van der Waals surface area contributed by atoms with Crippen LogP contribution >= 0.6 is 11.6 Å². The van der Waals surface area contributed by atoms with Crippen LogP contribution in [0.5, 0.6) is 11.5 Å². The summed E-state index contributed by atoms with van der Waals surface area (Å²) in [6.45, 7) is 4.28. The van der Waals surface area contributed by atoms with Crippen LogP contribution in [0.25, 0.3) is 0 Å². The smallest absolute Gasteiger partial charge is 0.118 e. The number of hydrogen-bond donors (Lipinski definition) is 0. The second-order valence-corrected chi connectivity index (χ2v) is 14.6. The van der Waals surface area contributed by atoms with Crippen molar-refractivity contribution >= 4 is 24.0 Å². The lowest BCUT2D eigenvalue weighted by Gasteiger charge is -2.37. The Bertz CT molecular complexity index is 1550. The third-order valence-corrected chi connectivity index (χ3v) is 11.2. The van der Waals surface area contributed by atoms with E-state index < -0.39 is 0 Å². The first kappa shape index (κ1) is 38.0. The summed E-state index contributed by atoms with van der Waals surface area (Å²) in [7, 11) is 7.55. The summed E-state index contributed by atoms with van der Waals surface area (Å²) in [5.74, 6) is 2.63. The number of hydrazone groups is 2. The third kappa shape index (κ3) is 10.9. The molecule has 1 fully saturated rings. The predicted molar refractivity (Wildman–Crippen MR) is 213 cm³/mol. The van der Waals surface area contributed by atoms with E-state index in [1.54, 1.807) is 14.2 Å². The van der Waals surface area contributed by atoms with Gasteiger partial charge in [-0.25, -0.2) is 0 Å². The van der Waals surface area contributed by atoms with Gasteiger partial charge < -0.3 is 9.47 Å². The van der Waals surface area contributed by atoms with Gasteiger partial charge in [0.25, 0.3) is 0 Å². The van der Waals surface area contributed by atoms with Crippen molar-refractivity contribution in [3.8, 4) is 11.5 Å². The van der Waals surface area contributed by atoms with E-state index in [0.717, 1.165) is 48.3 Å². The zero-order valence-corrected chi connectivity index (χ0v) is 32.0. The van der Waals surface area contributed by atoms with Gasteiger partial charge in [-0.2, -0.15) is 10.2 Å². The molecule has 0 aliphatic heterocycles. The fourth-order valence-electron chi connectivity index (χ4n) is 7.27. The molecule has 0 radical (unpaired) electrons. The minimum atomic E-state index is 0.150. The Morgan fingerprint density at radius 3 is 1.35 bits per heavy atom. The van der Waals surface area contributed by atoms with Crippen molar-refractivity contribution in [2.75, 3.05) is 28.3 Å². The fourth-order valence-corrected chi connectivity index (χ4v) is 7.77. The first-order valence-corrected chi connectivity index (χ1v) is 18.8. The predicted octanol–water partition coefficient (Wildman–Crippen LogP) is 10.6. The molecule has 51 heavy (non-hydrogen) atoms. The van der Waals surface area contributed by atoms with Crippen LogP contribution in [0, 0.1) is 25.7 Å². The Kier molecular flexibility index (Phi) is 14.0. The van der Waals surface area contributed by atoms with E-state index in [1.165, 1.54) is 41.5 Å². The minimum absolute atomic E-state index is 0.150. The van der Waals surface area contributed by atoms with Crippen LogP contribution in [0.1, 0.15) is 90.4 Å². The monoisotopic (exact) mass is 706 g/mol. The molecule has 1 aliphatic carbocycles. The van der Waals surface area contributed by atoms with Crippen molar-refractivity contribution in [1.29, 1.82) is 0 Å². The van der Waals surface area contributed by atoms with Crippen LogP contribution < -0.4 is 9.47 Å². The van der Waals surface area contributed by atoms with E-state index in [0.29, 0.717) is 11.8 Å². The molecular formula is C44H55ClN4O2. The van der Waals surface area contributed by atoms with E-state index in [-0.39, 0.29) is 17.5 Å². The van der Waals surface area contributed by atoms with E-state index >= 15 is 0 Å². The Hall–Kier alpha value is -4.29. The number of halogens is 1. The summed E-state index contributed by atoms with van der Waals surface area (Å²) in [5, 5.41) is 14.2. The number of benzene rings is 4. The summed E-state index contributed by atoms with van der Waals surface area (Å²) >= 11 is 7.43. The molecule has 0 amide bonds. The zero-order chi connectivity index (χ0) is 36.2. The van der Waals surface area contributed by atoms with Gasteiger partial charge in [0.2, 0.25) is 0 Å². The Balaban J connectivity index is 1.25. The van der Waals surface area contributed by atoms with Gasteiger partial charge in [-0.05, 0) is 135 Å². The van der Waals surface area contributed by atoms with E-state index in [2.05, 4.69) is 86.5 Å². The SMILES string of the molecule is COc1ccc(C=NN(C)C(CCC2CCCC(CCC(c3ccc(C)cc3)N(C)N=Cc3ccc(OC)cc3)C2Cl)c2ccc(C)cc2)cc1. The van der Waals surface area contributed by atoms with Gasteiger partial charge in [-0.1, -0.05) is 66.1 Å². The van der Waals surface area contributed by atoms with Crippen molar-refractivity contribution in [3.05, 3.63) is 130 Å². The normalized spacial score (nSPS) is 18.8. The standard InChI is InChI=1S/C44H55ClN4O2/c1-32-10-18-36(19-11-32)42(48(3)46-30-34-14-24-40(50-5)25-15-34)28-22-38-8-7-9-39(44(38)45)23-29-43(37-20-12-33(2)13-21-37)49(4)47-31-35-16-26-41(51-6)27-17-35/h10-21,24-27,30-31,38-39,42-44H,7-9,22-23,28-29H2,1-6H3. The van der Waals surface area contributed by atoms with Crippen molar-refractivity contribution in [1.82, 2.24) is 10.0 Å². The molecule has 4 atom stereocenters. The van der Waals surface area contributed by atoms with Crippen LogP contribution in [0.2, 0.25) is 0 Å². The molecule has 4 aromatic rings. The van der Waals surface area contributed by atoms with Crippen LogP contribution in [0.15, 0.2) is 107 Å². The second-order valence-electron chi connectivity index (χ2n) is 14.1. The lowest BCUT2D eigenvalue weighted by molar-refractivity contribution is 0.184. The van der Waals surface area contributed by atoms with Crippen LogP contribution in [0.4, 0.5) is 0 Å². The molecule has 0 heterocycles. The highest BCUT2D eigenvalue weighted by molar-refractivity contribution is 6.21. The van der Waals surface area contributed by atoms with Crippen molar-refractivity contribution in [2.24, 2.45) is 22.0 Å². The molecular weight excluding hydrogens is 652 g/mol. The average Bonchev–Trinajstić information content (AvgIpc) is 3.16. The van der Waals surface area contributed by atoms with E-state index in [4.69, 9.17) is 31.3 Å². The van der Waals surface area contributed by atoms with Gasteiger partial charge in [-0.3, -0.25) is 10.0 Å². The fraction of sp³-hybridized carbons (Fsp3) is 0.409. The molecule has 270 valence electrons. The molecule has 0 bridgehead atoms. The number of aryl methyl sites for hydroxylation is 2. The second kappa shape index (κ2) is 18.8. The Morgan fingerprint density at radius 2 is 1.00 bits per heavy atom. The van der Waals surface area contributed by atoms with Gasteiger partial charge in [-0.15, -0.1) is 11.6 Å². The van der Waals surface area contributed by atoms with Crippen molar-refractivity contribution in [2.45, 2.75) is 76.3 Å². The van der Waals surface area contributed by atoms with Crippen LogP contribution in [-0.2, 0) is 0 Å². The lowest BCUT2D eigenvalue weighted by atomic mass is 9.75. The molecule has 0 aromatic heterocycles. The molecule has 1 aliphatic rings. The zero-order valence-electron chi connectivity index (χ0n) is 31.2. The highest BCUT2D eigenvalue weighted by Gasteiger charge is 2.33. The Labute approximate surface area is 311 Å². The molecule has 0 spiro atoms. The van der Waals surface area contributed by atoms with Gasteiger partial charge in [0.15, 0.2) is 0 Å². The number of methoxy groups -OCH3 is 2. The maximum absolute atomic E-state index is 7.43. The number of hydrogen-bond acceptors (Lipinski definition) is 6. The summed E-state index contributed by atoms with van der Waals surface area (Å²) in [5.41, 5.74) is 7.18. The average molecular weight is 707 g/mol. The summed E-state index contributed by atoms with van der Waals surface area (Å²) in [4.78, 5) is 0. The quantitative estimate of drug-likeness (QED) is 0.0661. The minimum Gasteiger partial charge on any atom is -0.497 e. The number of ether oxygens (including phenoxy) is 2. The highest BCUT2D eigenvalue weighted by atomic mass is 35.5. The van der Waals surface area contributed by atoms with E-state index in [9.17, 15) is 0 Å². The topological polar surface area (TPSA) is 49.7 Å². The Morgan fingerprint density at radius 1 is 0.627 bits per heavy atom. The van der Waals surface area contributed by atoms with E-state index in [1.807, 2.05) is 61.0 Å². The largest absolute Gasteiger partial charge is 0.497 e. The molecule has 5 rings (SSSR count). The first-order chi connectivity index (χ1) is 24.7. The number of nitrogens with zero attached hydrogens (tertiary/aromatic N) is 4. The molecule has 6 nitrogen and oxygen atoms in total. The molecule has 4 aromatic carbocycles. The number of alkyl halides is 1. The van der Waals surface area contributed by atoms with Crippen molar-refractivity contribution < 1.29 is 9.47 Å². The molecule has 0 saturated heterocycles. The van der Waals surface area contributed by atoms with Gasteiger partial charge >= 0.3 is 0 Å². The summed E-state index contributed by atoms with van der Waals surface area (Å²) in [6.07, 6.45) is 11.6. The molecule has 0 N–H and O–H groups in total. The molecule has 7 heteroatoms. The van der Waals surface area contributed by atoms with Gasteiger partial charge in [0, 0.05) is 19.5 Å². The van der Waals surface area contributed by atoms with Crippen LogP contribution in [-0.4, -0.2) is 56.1 Å². The molecule has 1 saturated carbocycles. The van der Waals surface area contributed by atoms with Crippen molar-refractivity contribution in [3.63, 3.8) is 0 Å². The van der Waals surface area contributed by atoms with Gasteiger partial charge in [0.05, 0.1) is 38.7 Å². The maximum atomic E-state index is 7.43. The maximum Gasteiger partial charge on any atom is 0.118 e. The lowest BCUT2D eigenvalue weighted by Crippen LogP contribution is -2.31. The number of rotatable bonds is 16. The summed E-state index contributed by atoms with van der Waals surface area (Å²) in [6, 6.07) is 34.1. The molecule has 4 unspecified atom stereocenters. The highest BCUT2D eigenvalue weighted by Crippen LogP contribution is 2.41. The van der Waals surface area contributed by atoms with Crippen LogP contribution in [0.3, 0.4) is 0 Å². The van der Waals surface area contributed by atoms with Gasteiger partial charge in [0.1, 0.15) is 11.5 Å². The summed E-state index contributed by atoms with van der Waals surface area (Å²) < 4.78 is 10.6.